The van der Waals surface area contributed by atoms with Crippen LogP contribution in [0.25, 0.3) is 0 Å². The molecule has 7 N–H and O–H groups in total. The van der Waals surface area contributed by atoms with Gasteiger partial charge in [-0.3, -0.25) is 19.4 Å². The van der Waals surface area contributed by atoms with Crippen LogP contribution in [0.4, 0.5) is 14.4 Å². The number of aliphatic carboxylic acids is 2. The summed E-state index contributed by atoms with van der Waals surface area (Å²) < 4.78 is 16.9. The molecule has 2 rings (SSSR count). The number of ether oxygens (including phenoxy) is 3. The third kappa shape index (κ3) is 31.2. The maximum absolute atomic E-state index is 13.2. The SMILES string of the molecule is CSCCC(NC(=O)CN1CCN(C(=O)OC(C)(C)C)CCN(C(=O)OC(C)(C)C)CCN(C(=O)OC(C)(C)C)CC1)C(=O)O.CSCCC(NC(=O)CN1CCNCCNCCNCC1)C(=O)O. The summed E-state index contributed by atoms with van der Waals surface area (Å²) in [6, 6.07) is -1.84. The van der Waals surface area contributed by atoms with Crippen molar-refractivity contribution in [3.63, 3.8) is 0 Å². The van der Waals surface area contributed by atoms with E-state index in [2.05, 4.69) is 31.5 Å². The quantitative estimate of drug-likeness (QED) is 0.122. The molecular formula is C45H86N10O12S2. The van der Waals surface area contributed by atoms with Gasteiger partial charge < -0.3 is 65.7 Å². The number of carbonyl (C=O) groups is 7. The Morgan fingerprint density at radius 2 is 0.754 bits per heavy atom. The van der Waals surface area contributed by atoms with Crippen LogP contribution in [0.15, 0.2) is 0 Å². The highest BCUT2D eigenvalue weighted by Crippen LogP contribution is 2.15. The van der Waals surface area contributed by atoms with Crippen LogP contribution in [0.3, 0.4) is 0 Å². The first-order valence-corrected chi connectivity index (χ1v) is 26.5. The number of amides is 5. The monoisotopic (exact) mass is 1020 g/mol. The first-order chi connectivity index (χ1) is 32.2. The molecule has 22 nitrogen and oxygen atoms in total. The lowest BCUT2D eigenvalue weighted by Crippen LogP contribution is -2.53. The minimum absolute atomic E-state index is 0.104. The van der Waals surface area contributed by atoms with E-state index in [1.54, 1.807) is 79.0 Å². The molecule has 2 saturated heterocycles. The van der Waals surface area contributed by atoms with Crippen LogP contribution in [0.1, 0.15) is 75.2 Å². The van der Waals surface area contributed by atoms with Gasteiger partial charge in [0.2, 0.25) is 11.8 Å². The molecule has 2 unspecified atom stereocenters. The summed E-state index contributed by atoms with van der Waals surface area (Å²) in [5.41, 5.74) is -2.28. The Kier molecular flexibility index (Phi) is 30.2. The molecule has 24 heteroatoms. The lowest BCUT2D eigenvalue weighted by molar-refractivity contribution is -0.142. The molecule has 0 saturated carbocycles. The highest BCUT2D eigenvalue weighted by molar-refractivity contribution is 7.98. The Labute approximate surface area is 419 Å². The van der Waals surface area contributed by atoms with Gasteiger partial charge in [-0.1, -0.05) is 0 Å². The highest BCUT2D eigenvalue weighted by atomic mass is 32.2. The molecule has 0 spiro atoms. The van der Waals surface area contributed by atoms with E-state index < -0.39 is 65.0 Å². The summed E-state index contributed by atoms with van der Waals surface area (Å²) in [7, 11) is 0. The van der Waals surface area contributed by atoms with Crippen LogP contribution in [0.5, 0.6) is 0 Å². The molecule has 0 aromatic heterocycles. The van der Waals surface area contributed by atoms with Gasteiger partial charge in [-0.15, -0.1) is 0 Å². The van der Waals surface area contributed by atoms with Crippen LogP contribution in [-0.2, 0) is 33.4 Å². The predicted molar refractivity (Wildman–Crippen MR) is 270 cm³/mol. The van der Waals surface area contributed by atoms with Gasteiger partial charge >= 0.3 is 30.2 Å². The number of thioether (sulfide) groups is 2. The molecule has 0 aliphatic carbocycles. The topological polar surface area (TPSA) is 264 Å². The van der Waals surface area contributed by atoms with Gasteiger partial charge in [0.15, 0.2) is 0 Å². The number of carboxylic acid groups (broad SMARTS) is 2. The van der Waals surface area contributed by atoms with E-state index in [4.69, 9.17) is 14.2 Å². The predicted octanol–water partition coefficient (Wildman–Crippen LogP) is 1.73. The summed E-state index contributed by atoms with van der Waals surface area (Å²) in [6.45, 7) is 23.8. The normalized spacial score (nSPS) is 17.9. The Balaban J connectivity index is 0.000000831. The van der Waals surface area contributed by atoms with Crippen molar-refractivity contribution in [1.29, 1.82) is 0 Å². The summed E-state index contributed by atoms with van der Waals surface area (Å²) in [5.74, 6) is -1.52. The van der Waals surface area contributed by atoms with Crippen LogP contribution in [-0.4, -0.2) is 247 Å². The van der Waals surface area contributed by atoms with Crippen molar-refractivity contribution in [1.82, 2.24) is 51.1 Å². The van der Waals surface area contributed by atoms with Gasteiger partial charge in [0.05, 0.1) is 13.1 Å². The lowest BCUT2D eigenvalue weighted by Gasteiger charge is -2.35. The van der Waals surface area contributed by atoms with E-state index in [0.29, 0.717) is 17.9 Å². The van der Waals surface area contributed by atoms with Crippen molar-refractivity contribution in [2.45, 2.75) is 104 Å². The molecule has 69 heavy (non-hydrogen) atoms. The Hall–Kier alpha value is -3.81. The van der Waals surface area contributed by atoms with E-state index in [-0.39, 0.29) is 77.8 Å². The van der Waals surface area contributed by atoms with Gasteiger partial charge in [0.1, 0.15) is 28.9 Å². The Morgan fingerprint density at radius 3 is 1.03 bits per heavy atom. The summed E-state index contributed by atoms with van der Waals surface area (Å²) in [5, 5.41) is 34.0. The molecule has 2 aliphatic heterocycles. The van der Waals surface area contributed by atoms with Crippen molar-refractivity contribution in [3.05, 3.63) is 0 Å². The van der Waals surface area contributed by atoms with Crippen molar-refractivity contribution in [2.75, 3.05) is 142 Å². The largest absolute Gasteiger partial charge is 0.480 e. The Bertz CT molecular complexity index is 1520. The maximum atomic E-state index is 13.2. The molecule has 400 valence electrons. The van der Waals surface area contributed by atoms with Crippen molar-refractivity contribution >= 4 is 65.6 Å². The molecule has 5 amide bonds. The lowest BCUT2D eigenvalue weighted by atomic mass is 10.2. The average Bonchev–Trinajstić information content (AvgIpc) is 3.21. The number of hydrogen-bond donors (Lipinski definition) is 7. The van der Waals surface area contributed by atoms with E-state index in [0.717, 1.165) is 52.4 Å². The minimum Gasteiger partial charge on any atom is -0.480 e. The van der Waals surface area contributed by atoms with Crippen molar-refractivity contribution in [2.24, 2.45) is 0 Å². The van der Waals surface area contributed by atoms with Gasteiger partial charge in [-0.2, -0.15) is 23.5 Å². The highest BCUT2D eigenvalue weighted by Gasteiger charge is 2.31. The summed E-state index contributed by atoms with van der Waals surface area (Å²) in [4.78, 5) is 95.9. The van der Waals surface area contributed by atoms with E-state index in [9.17, 15) is 43.8 Å². The number of carbonyl (C=O) groups excluding carboxylic acids is 5. The second-order valence-corrected chi connectivity index (χ2v) is 21.7. The summed E-state index contributed by atoms with van der Waals surface area (Å²) in [6.07, 6.45) is 2.76. The second-order valence-electron chi connectivity index (χ2n) is 19.7. The fraction of sp³-hybridized carbons (Fsp3) is 0.844. The molecule has 0 aromatic rings. The van der Waals surface area contributed by atoms with Crippen LogP contribution in [0.2, 0.25) is 0 Å². The molecular weight excluding hydrogens is 937 g/mol. The third-order valence-electron chi connectivity index (χ3n) is 10.00. The second kappa shape index (κ2) is 33.0. The molecule has 2 aliphatic rings. The van der Waals surface area contributed by atoms with E-state index in [1.807, 2.05) is 12.5 Å². The maximum Gasteiger partial charge on any atom is 0.410 e. The number of carboxylic acids is 2. The molecule has 2 atom stereocenters. The first kappa shape index (κ1) is 63.2. The molecule has 0 aromatic carbocycles. The zero-order chi connectivity index (χ0) is 52.2. The zero-order valence-electron chi connectivity index (χ0n) is 43.2. The smallest absolute Gasteiger partial charge is 0.410 e. The first-order valence-electron chi connectivity index (χ1n) is 23.8. The zero-order valence-corrected chi connectivity index (χ0v) is 44.9. The van der Waals surface area contributed by atoms with E-state index in [1.165, 1.54) is 26.5 Å². The third-order valence-corrected chi connectivity index (χ3v) is 11.3. The van der Waals surface area contributed by atoms with Crippen LogP contribution >= 0.6 is 23.5 Å². The number of hydrogen-bond acceptors (Lipinski definition) is 17. The molecule has 2 fully saturated rings. The summed E-state index contributed by atoms with van der Waals surface area (Å²) >= 11 is 3.06. The van der Waals surface area contributed by atoms with Crippen molar-refractivity contribution in [3.8, 4) is 0 Å². The fourth-order valence-electron chi connectivity index (χ4n) is 6.48. The Morgan fingerprint density at radius 1 is 0.478 bits per heavy atom. The van der Waals surface area contributed by atoms with Crippen LogP contribution in [0, 0.1) is 0 Å². The van der Waals surface area contributed by atoms with Gasteiger partial charge in [-0.25, -0.2) is 24.0 Å². The van der Waals surface area contributed by atoms with Gasteiger partial charge in [0.25, 0.3) is 0 Å². The fourth-order valence-corrected chi connectivity index (χ4v) is 7.43. The standard InChI is InChI=1S/C30H55N5O9S.C15H31N5O3S/c1-28(2,3)42-25(39)33-14-12-32(21-23(36)31-22(24(37)38)11-20-45-10)13-15-34(26(40)43-29(4,5)6)17-19-35(18-16-33)27(41)44-30(7,8)9;1-24-11-2-13(15(22)23)19-14(21)12-20-9-7-17-5-3-16-4-6-18-8-10-20/h22H,11-21H2,1-10H3,(H,31,36)(H,37,38);13,16-18H,2-12H2,1H3,(H,19,21)(H,22,23). The number of nitrogens with one attached hydrogen (secondary N) is 5. The number of nitrogens with zero attached hydrogens (tertiary/aromatic N) is 5. The number of rotatable bonds is 14. The molecule has 0 radical (unpaired) electrons. The van der Waals surface area contributed by atoms with Gasteiger partial charge in [0, 0.05) is 105 Å². The molecule has 2 heterocycles. The molecule has 0 bridgehead atoms. The average molecular weight is 1020 g/mol. The minimum atomic E-state index is -1.12. The van der Waals surface area contributed by atoms with E-state index >= 15 is 0 Å². The van der Waals surface area contributed by atoms with Crippen LogP contribution < -0.4 is 26.6 Å². The van der Waals surface area contributed by atoms with Gasteiger partial charge in [-0.05, 0) is 99.2 Å². The van der Waals surface area contributed by atoms with Crippen molar-refractivity contribution < 1.29 is 58.0 Å².